The van der Waals surface area contributed by atoms with Crippen molar-refractivity contribution in [3.8, 4) is 0 Å². The Hall–Kier alpha value is -1.69. The fourth-order valence-electron chi connectivity index (χ4n) is 2.86. The van der Waals surface area contributed by atoms with E-state index in [4.69, 9.17) is 23.2 Å². The molecular weight excluding hydrogens is 439 g/mol. The molecule has 0 aliphatic rings. The minimum atomic E-state index is -0.560. The van der Waals surface area contributed by atoms with Crippen molar-refractivity contribution in [2.75, 3.05) is 12.3 Å². The Morgan fingerprint density at radius 1 is 1.10 bits per heavy atom. The Morgan fingerprint density at radius 2 is 1.73 bits per heavy atom. The van der Waals surface area contributed by atoms with Crippen LogP contribution in [0.4, 0.5) is 0 Å². The van der Waals surface area contributed by atoms with Gasteiger partial charge in [-0.2, -0.15) is 0 Å². The van der Waals surface area contributed by atoms with Crippen LogP contribution in [0.1, 0.15) is 37.0 Å². The highest BCUT2D eigenvalue weighted by atomic mass is 35.5. The number of carbonyl (C=O) groups excluding carboxylic acids is 2. The highest BCUT2D eigenvalue weighted by Gasteiger charge is 2.26. The zero-order valence-corrected chi connectivity index (χ0v) is 19.9. The molecule has 0 unspecified atom stereocenters. The van der Waals surface area contributed by atoms with Crippen LogP contribution in [0.2, 0.25) is 10.0 Å². The molecule has 0 radical (unpaired) electrons. The molecule has 7 heteroatoms. The summed E-state index contributed by atoms with van der Waals surface area (Å²) in [6.45, 7) is 6.76. The molecule has 1 N–H and O–H groups in total. The number of benzene rings is 2. The lowest BCUT2D eigenvalue weighted by atomic mass is 10.1. The van der Waals surface area contributed by atoms with Gasteiger partial charge in [0.25, 0.3) is 0 Å². The second-order valence-corrected chi connectivity index (χ2v) is 8.97. The van der Waals surface area contributed by atoms with Crippen molar-refractivity contribution < 1.29 is 9.59 Å². The van der Waals surface area contributed by atoms with Crippen LogP contribution in [0.3, 0.4) is 0 Å². The first-order valence-electron chi connectivity index (χ1n) is 9.96. The first kappa shape index (κ1) is 24.6. The molecule has 2 aromatic rings. The fourth-order valence-corrected chi connectivity index (χ4v) is 4.51. The van der Waals surface area contributed by atoms with Gasteiger partial charge in [0.15, 0.2) is 0 Å². The van der Waals surface area contributed by atoms with Crippen LogP contribution < -0.4 is 5.32 Å². The van der Waals surface area contributed by atoms with Crippen molar-refractivity contribution in [2.24, 2.45) is 0 Å². The van der Waals surface area contributed by atoms with Gasteiger partial charge in [-0.25, -0.2) is 0 Å². The lowest BCUT2D eigenvalue weighted by Crippen LogP contribution is -2.48. The van der Waals surface area contributed by atoms with Crippen LogP contribution in [0.15, 0.2) is 42.5 Å². The van der Waals surface area contributed by atoms with Crippen molar-refractivity contribution in [3.05, 3.63) is 69.2 Å². The van der Waals surface area contributed by atoms with Crippen molar-refractivity contribution in [3.63, 3.8) is 0 Å². The minimum absolute atomic E-state index is 0.0945. The highest BCUT2D eigenvalue weighted by molar-refractivity contribution is 7.99. The van der Waals surface area contributed by atoms with Gasteiger partial charge in [-0.3, -0.25) is 9.59 Å². The predicted octanol–water partition coefficient (Wildman–Crippen LogP) is 5.48. The average molecular weight is 467 g/mol. The summed E-state index contributed by atoms with van der Waals surface area (Å²) >= 11 is 13.9. The molecule has 30 heavy (non-hydrogen) atoms. The third-order valence-corrected chi connectivity index (χ3v) is 6.38. The molecule has 0 aliphatic carbocycles. The zero-order chi connectivity index (χ0) is 22.1. The Kier molecular flexibility index (Phi) is 10.0. The summed E-state index contributed by atoms with van der Waals surface area (Å²) < 4.78 is 0. The van der Waals surface area contributed by atoms with Crippen molar-refractivity contribution in [2.45, 2.75) is 45.5 Å². The van der Waals surface area contributed by atoms with Gasteiger partial charge in [-0.05, 0) is 43.5 Å². The number of halogens is 2. The van der Waals surface area contributed by atoms with Gasteiger partial charge in [0.05, 0.1) is 5.75 Å². The summed E-state index contributed by atoms with van der Waals surface area (Å²) in [5.41, 5.74) is 2.96. The molecule has 0 bridgehead atoms. The number of hydrogen-bond acceptors (Lipinski definition) is 3. The van der Waals surface area contributed by atoms with Gasteiger partial charge in [-0.15, -0.1) is 11.8 Å². The molecular formula is C23H28Cl2N2O2S. The lowest BCUT2D eigenvalue weighted by Gasteiger charge is -2.29. The van der Waals surface area contributed by atoms with Gasteiger partial charge in [-0.1, -0.05) is 66.0 Å². The summed E-state index contributed by atoms with van der Waals surface area (Å²) in [6.07, 6.45) is 0.846. The topological polar surface area (TPSA) is 49.4 Å². The van der Waals surface area contributed by atoms with Crippen LogP contribution in [0, 0.1) is 6.92 Å². The maximum absolute atomic E-state index is 13.1. The SMILES string of the molecule is CCCNC(=O)[C@@H](C)N(Cc1ccc(C)cc1)C(=O)CSCc1c(Cl)cccc1Cl. The summed E-state index contributed by atoms with van der Waals surface area (Å²) in [5.74, 6) is 0.525. The molecule has 4 nitrogen and oxygen atoms in total. The molecule has 0 aromatic heterocycles. The van der Waals surface area contributed by atoms with Crippen LogP contribution >= 0.6 is 35.0 Å². The summed E-state index contributed by atoms with van der Waals surface area (Å²) in [5, 5.41) is 4.06. The molecule has 0 saturated heterocycles. The van der Waals surface area contributed by atoms with Crippen molar-refractivity contribution in [1.82, 2.24) is 10.2 Å². The van der Waals surface area contributed by atoms with E-state index in [1.807, 2.05) is 38.1 Å². The van der Waals surface area contributed by atoms with Gasteiger partial charge < -0.3 is 10.2 Å². The van der Waals surface area contributed by atoms with E-state index in [-0.39, 0.29) is 17.6 Å². The third kappa shape index (κ3) is 7.22. The summed E-state index contributed by atoms with van der Waals surface area (Å²) in [7, 11) is 0. The van der Waals surface area contributed by atoms with Crippen molar-refractivity contribution >= 4 is 46.8 Å². The van der Waals surface area contributed by atoms with E-state index in [0.29, 0.717) is 28.9 Å². The smallest absolute Gasteiger partial charge is 0.242 e. The maximum Gasteiger partial charge on any atom is 0.242 e. The van der Waals surface area contributed by atoms with Crippen LogP contribution in [-0.2, 0) is 21.9 Å². The standard InChI is InChI=1S/C23H28Cl2N2O2S/c1-4-12-26-23(29)17(3)27(13-18-10-8-16(2)9-11-18)22(28)15-30-14-19-20(24)6-5-7-21(19)25/h5-11,17H,4,12-15H2,1-3H3,(H,26,29)/t17-/m1/s1. The number of nitrogens with zero attached hydrogens (tertiary/aromatic N) is 1. The first-order valence-corrected chi connectivity index (χ1v) is 11.9. The number of carbonyl (C=O) groups is 2. The van der Waals surface area contributed by atoms with Crippen LogP contribution in [0.25, 0.3) is 0 Å². The van der Waals surface area contributed by atoms with Crippen molar-refractivity contribution in [1.29, 1.82) is 0 Å². The van der Waals surface area contributed by atoms with Crippen LogP contribution in [0.5, 0.6) is 0 Å². The first-order chi connectivity index (χ1) is 14.3. The zero-order valence-electron chi connectivity index (χ0n) is 17.6. The van der Waals surface area contributed by atoms with Gasteiger partial charge in [0, 0.05) is 28.9 Å². The molecule has 0 saturated carbocycles. The van der Waals surface area contributed by atoms with E-state index >= 15 is 0 Å². The largest absolute Gasteiger partial charge is 0.354 e. The van der Waals surface area contributed by atoms with E-state index < -0.39 is 6.04 Å². The molecule has 0 spiro atoms. The van der Waals surface area contributed by atoms with E-state index in [9.17, 15) is 9.59 Å². The lowest BCUT2D eigenvalue weighted by molar-refractivity contribution is -0.138. The number of rotatable bonds is 10. The van der Waals surface area contributed by atoms with Gasteiger partial charge in [0.1, 0.15) is 6.04 Å². The number of thioether (sulfide) groups is 1. The molecule has 0 heterocycles. The summed E-state index contributed by atoms with van der Waals surface area (Å²) in [4.78, 5) is 27.2. The number of amides is 2. The Labute approximate surface area is 193 Å². The monoisotopic (exact) mass is 466 g/mol. The quantitative estimate of drug-likeness (QED) is 0.504. The fraction of sp³-hybridized carbons (Fsp3) is 0.391. The van der Waals surface area contributed by atoms with Gasteiger partial charge >= 0.3 is 0 Å². The molecule has 162 valence electrons. The second kappa shape index (κ2) is 12.2. The predicted molar refractivity (Wildman–Crippen MR) is 127 cm³/mol. The normalized spacial score (nSPS) is 11.8. The van der Waals surface area contributed by atoms with E-state index in [2.05, 4.69) is 5.32 Å². The van der Waals surface area contributed by atoms with E-state index in [1.165, 1.54) is 11.8 Å². The number of aryl methyl sites for hydroxylation is 1. The molecule has 0 aliphatic heterocycles. The highest BCUT2D eigenvalue weighted by Crippen LogP contribution is 2.28. The van der Waals surface area contributed by atoms with E-state index in [0.717, 1.165) is 23.1 Å². The molecule has 0 fully saturated rings. The third-order valence-electron chi connectivity index (χ3n) is 4.72. The van der Waals surface area contributed by atoms with Gasteiger partial charge in [0.2, 0.25) is 11.8 Å². The number of nitrogens with one attached hydrogen (secondary N) is 1. The summed E-state index contributed by atoms with van der Waals surface area (Å²) in [6, 6.07) is 12.8. The molecule has 1 atom stereocenters. The Bertz CT molecular complexity index is 839. The second-order valence-electron chi connectivity index (χ2n) is 7.17. The Morgan fingerprint density at radius 3 is 2.33 bits per heavy atom. The molecule has 2 rings (SSSR count). The number of hydrogen-bond donors (Lipinski definition) is 1. The molecule has 2 amide bonds. The maximum atomic E-state index is 13.1. The van der Waals surface area contributed by atoms with E-state index in [1.54, 1.807) is 30.0 Å². The van der Waals surface area contributed by atoms with Crippen LogP contribution in [-0.4, -0.2) is 35.1 Å². The minimum Gasteiger partial charge on any atom is -0.354 e. The average Bonchev–Trinajstić information content (AvgIpc) is 2.73. The Balaban J connectivity index is 2.08. The molecule has 2 aromatic carbocycles.